The van der Waals surface area contributed by atoms with E-state index in [4.69, 9.17) is 11.6 Å². The van der Waals surface area contributed by atoms with Crippen LogP contribution in [0.25, 0.3) is 0 Å². The molecule has 2 aromatic rings. The predicted molar refractivity (Wildman–Crippen MR) is 70.9 cm³/mol. The van der Waals surface area contributed by atoms with Crippen LogP contribution in [0.3, 0.4) is 0 Å². The molecule has 0 aliphatic rings. The normalized spacial score (nSPS) is 10.3. The van der Waals surface area contributed by atoms with E-state index in [0.29, 0.717) is 11.4 Å². The Morgan fingerprint density at radius 3 is 2.79 bits per heavy atom. The Bertz CT molecular complexity index is 646. The van der Waals surface area contributed by atoms with Gasteiger partial charge in [0, 0.05) is 5.69 Å². The van der Waals surface area contributed by atoms with Crippen LogP contribution < -0.4 is 5.32 Å². The van der Waals surface area contributed by atoms with Crippen LogP contribution in [0.4, 0.5) is 10.1 Å². The van der Waals surface area contributed by atoms with E-state index in [9.17, 15) is 9.18 Å². The molecule has 0 aromatic carbocycles. The van der Waals surface area contributed by atoms with Gasteiger partial charge in [0.25, 0.3) is 5.91 Å². The van der Waals surface area contributed by atoms with Gasteiger partial charge in [-0.05, 0) is 32.0 Å². The summed E-state index contributed by atoms with van der Waals surface area (Å²) in [7, 11) is 0. The summed E-state index contributed by atoms with van der Waals surface area (Å²) in [5.41, 5.74) is 2.06. The van der Waals surface area contributed by atoms with Crippen molar-refractivity contribution in [3.05, 3.63) is 52.3 Å². The zero-order chi connectivity index (χ0) is 14.0. The number of hydrogen-bond donors (Lipinski definition) is 1. The van der Waals surface area contributed by atoms with E-state index >= 15 is 0 Å². The average Bonchev–Trinajstić information content (AvgIpc) is 2.35. The Labute approximate surface area is 114 Å². The SMILES string of the molecule is Cc1ccc(NC(=O)c2cc(F)cnc2Cl)c(C)n1. The molecule has 4 nitrogen and oxygen atoms in total. The summed E-state index contributed by atoms with van der Waals surface area (Å²) in [6, 6.07) is 4.55. The van der Waals surface area contributed by atoms with E-state index in [1.807, 2.05) is 6.92 Å². The molecule has 1 N–H and O–H groups in total. The van der Waals surface area contributed by atoms with Crippen molar-refractivity contribution in [3.8, 4) is 0 Å². The molecule has 0 bridgehead atoms. The Balaban J connectivity index is 2.28. The number of halogens is 2. The minimum atomic E-state index is -0.617. The average molecular weight is 280 g/mol. The highest BCUT2D eigenvalue weighted by Crippen LogP contribution is 2.18. The molecule has 19 heavy (non-hydrogen) atoms. The molecule has 98 valence electrons. The second-order valence-corrected chi connectivity index (χ2v) is 4.39. The topological polar surface area (TPSA) is 54.9 Å². The van der Waals surface area contributed by atoms with E-state index in [1.165, 1.54) is 0 Å². The summed E-state index contributed by atoms with van der Waals surface area (Å²) < 4.78 is 13.1. The van der Waals surface area contributed by atoms with Crippen molar-refractivity contribution in [2.24, 2.45) is 0 Å². The fourth-order valence-electron chi connectivity index (χ4n) is 1.59. The Morgan fingerprint density at radius 2 is 2.11 bits per heavy atom. The minimum absolute atomic E-state index is 0.0124. The van der Waals surface area contributed by atoms with E-state index in [1.54, 1.807) is 19.1 Å². The monoisotopic (exact) mass is 279 g/mol. The molecule has 0 aliphatic heterocycles. The van der Waals surface area contributed by atoms with Crippen LogP contribution in [0.5, 0.6) is 0 Å². The second kappa shape index (κ2) is 5.32. The number of hydrogen-bond acceptors (Lipinski definition) is 3. The van der Waals surface area contributed by atoms with Crippen LogP contribution in [0.2, 0.25) is 5.15 Å². The van der Waals surface area contributed by atoms with Gasteiger partial charge in [-0.1, -0.05) is 11.6 Å². The van der Waals surface area contributed by atoms with Crippen molar-refractivity contribution in [2.75, 3.05) is 5.32 Å². The first-order chi connectivity index (χ1) is 8.97. The lowest BCUT2D eigenvalue weighted by molar-refractivity contribution is 0.102. The maximum Gasteiger partial charge on any atom is 0.258 e. The molecule has 1 amide bonds. The van der Waals surface area contributed by atoms with Gasteiger partial charge in [-0.3, -0.25) is 9.78 Å². The summed E-state index contributed by atoms with van der Waals surface area (Å²) in [6.07, 6.45) is 0.956. The summed E-state index contributed by atoms with van der Waals surface area (Å²) in [4.78, 5) is 19.8. The summed E-state index contributed by atoms with van der Waals surface area (Å²) in [5.74, 6) is -1.14. The highest BCUT2D eigenvalue weighted by molar-refractivity contribution is 6.33. The van der Waals surface area contributed by atoms with Crippen molar-refractivity contribution in [3.63, 3.8) is 0 Å². The number of anilines is 1. The summed E-state index contributed by atoms with van der Waals surface area (Å²) in [6.45, 7) is 3.63. The number of aromatic nitrogens is 2. The molecule has 2 aromatic heterocycles. The highest BCUT2D eigenvalue weighted by Gasteiger charge is 2.14. The van der Waals surface area contributed by atoms with Gasteiger partial charge < -0.3 is 5.32 Å². The van der Waals surface area contributed by atoms with Gasteiger partial charge in [0.2, 0.25) is 0 Å². The molecule has 0 spiro atoms. The zero-order valence-corrected chi connectivity index (χ0v) is 11.1. The maximum atomic E-state index is 13.1. The number of nitrogens with one attached hydrogen (secondary N) is 1. The van der Waals surface area contributed by atoms with Crippen molar-refractivity contribution in [2.45, 2.75) is 13.8 Å². The molecule has 0 unspecified atom stereocenters. The fraction of sp³-hybridized carbons (Fsp3) is 0.154. The number of carbonyl (C=O) groups excluding carboxylic acids is 1. The number of rotatable bonds is 2. The number of carbonyl (C=O) groups is 1. The highest BCUT2D eigenvalue weighted by atomic mass is 35.5. The first-order valence-electron chi connectivity index (χ1n) is 5.54. The number of aryl methyl sites for hydroxylation is 2. The molecule has 0 radical (unpaired) electrons. The van der Waals surface area contributed by atoms with Crippen molar-refractivity contribution in [1.82, 2.24) is 9.97 Å². The Hall–Kier alpha value is -2.01. The molecule has 0 saturated carbocycles. The van der Waals surface area contributed by atoms with Gasteiger partial charge in [0.1, 0.15) is 11.0 Å². The third-order valence-electron chi connectivity index (χ3n) is 2.52. The molecule has 2 rings (SSSR count). The van der Waals surface area contributed by atoms with E-state index in [0.717, 1.165) is 18.0 Å². The Kier molecular flexibility index (Phi) is 3.76. The van der Waals surface area contributed by atoms with Crippen LogP contribution >= 0.6 is 11.6 Å². The quantitative estimate of drug-likeness (QED) is 0.859. The van der Waals surface area contributed by atoms with E-state index in [-0.39, 0.29) is 10.7 Å². The number of nitrogens with zero attached hydrogens (tertiary/aromatic N) is 2. The third kappa shape index (κ3) is 3.06. The molecule has 0 saturated heterocycles. The van der Waals surface area contributed by atoms with E-state index in [2.05, 4.69) is 15.3 Å². The lowest BCUT2D eigenvalue weighted by Crippen LogP contribution is -2.14. The van der Waals surface area contributed by atoms with Gasteiger partial charge in [0.05, 0.1) is 23.1 Å². The molecular formula is C13H11ClFN3O. The summed E-state index contributed by atoms with van der Waals surface area (Å²) >= 11 is 5.77. The van der Waals surface area contributed by atoms with Gasteiger partial charge in [-0.2, -0.15) is 0 Å². The van der Waals surface area contributed by atoms with Crippen LogP contribution in [-0.4, -0.2) is 15.9 Å². The van der Waals surface area contributed by atoms with Crippen molar-refractivity contribution >= 4 is 23.2 Å². The van der Waals surface area contributed by atoms with Crippen LogP contribution in [-0.2, 0) is 0 Å². The predicted octanol–water partition coefficient (Wildman–Crippen LogP) is 3.14. The first-order valence-corrected chi connectivity index (χ1v) is 5.92. The number of pyridine rings is 2. The van der Waals surface area contributed by atoms with Gasteiger partial charge in [0.15, 0.2) is 0 Å². The minimum Gasteiger partial charge on any atom is -0.320 e. The molecule has 6 heteroatoms. The number of amides is 1. The third-order valence-corrected chi connectivity index (χ3v) is 2.82. The molecule has 0 atom stereocenters. The van der Waals surface area contributed by atoms with Crippen molar-refractivity contribution < 1.29 is 9.18 Å². The standard InChI is InChI=1S/C13H11ClFN3O/c1-7-3-4-11(8(2)17-7)18-13(19)10-5-9(15)6-16-12(10)14/h3-6H,1-2H3,(H,18,19). The van der Waals surface area contributed by atoms with E-state index < -0.39 is 11.7 Å². The molecule has 0 aliphatic carbocycles. The van der Waals surface area contributed by atoms with Gasteiger partial charge in [-0.25, -0.2) is 9.37 Å². The van der Waals surface area contributed by atoms with Crippen LogP contribution in [0.15, 0.2) is 24.4 Å². The smallest absolute Gasteiger partial charge is 0.258 e. The summed E-state index contributed by atoms with van der Waals surface area (Å²) in [5, 5.41) is 2.58. The fourth-order valence-corrected chi connectivity index (χ4v) is 1.78. The lowest BCUT2D eigenvalue weighted by atomic mass is 10.2. The van der Waals surface area contributed by atoms with Crippen LogP contribution in [0.1, 0.15) is 21.7 Å². The first kappa shape index (κ1) is 13.4. The largest absolute Gasteiger partial charge is 0.320 e. The second-order valence-electron chi connectivity index (χ2n) is 4.03. The molecular weight excluding hydrogens is 269 g/mol. The maximum absolute atomic E-state index is 13.1. The molecule has 0 fully saturated rings. The molecule has 2 heterocycles. The zero-order valence-electron chi connectivity index (χ0n) is 10.4. The Morgan fingerprint density at radius 1 is 1.37 bits per heavy atom. The lowest BCUT2D eigenvalue weighted by Gasteiger charge is -2.09. The van der Waals surface area contributed by atoms with Crippen LogP contribution in [0, 0.1) is 19.7 Å². The van der Waals surface area contributed by atoms with Crippen molar-refractivity contribution in [1.29, 1.82) is 0 Å². The van der Waals surface area contributed by atoms with Gasteiger partial charge in [-0.15, -0.1) is 0 Å². The van der Waals surface area contributed by atoms with Gasteiger partial charge >= 0.3 is 0 Å².